The van der Waals surface area contributed by atoms with Crippen molar-refractivity contribution in [2.24, 2.45) is 7.05 Å². The van der Waals surface area contributed by atoms with Crippen LogP contribution >= 0.6 is 0 Å². The minimum Gasteiger partial charge on any atom is -0.481 e. The van der Waals surface area contributed by atoms with E-state index in [0.29, 0.717) is 22.9 Å². The Bertz CT molecular complexity index is 830. The van der Waals surface area contributed by atoms with Crippen LogP contribution in [0.5, 0.6) is 17.4 Å². The fourth-order valence-corrected chi connectivity index (χ4v) is 3.78. The number of hydrogen-bond acceptors (Lipinski definition) is 5. The molecule has 4 rings (SSSR count). The molecule has 1 aromatic carbocycles. The Labute approximate surface area is 146 Å². The predicted molar refractivity (Wildman–Crippen MR) is 90.1 cm³/mol. The van der Waals surface area contributed by atoms with Gasteiger partial charge in [-0.3, -0.25) is 4.79 Å². The fraction of sp³-hybridized carbons (Fsp3) is 0.444. The summed E-state index contributed by atoms with van der Waals surface area (Å²) in [5, 5.41) is 4.46. The first-order valence-corrected chi connectivity index (χ1v) is 8.38. The van der Waals surface area contributed by atoms with E-state index in [1.807, 2.05) is 18.9 Å². The molecule has 0 aliphatic carbocycles. The summed E-state index contributed by atoms with van der Waals surface area (Å²) in [5.74, 6) is 2.01. The van der Waals surface area contributed by atoms with E-state index in [-0.39, 0.29) is 18.7 Å². The number of likely N-dealkylation sites (tertiary alicyclic amines) is 1. The second-order valence-electron chi connectivity index (χ2n) is 6.36. The monoisotopic (exact) mass is 343 g/mol. The van der Waals surface area contributed by atoms with Gasteiger partial charge in [0.1, 0.15) is 0 Å². The summed E-state index contributed by atoms with van der Waals surface area (Å²) < 4.78 is 18.0. The number of aryl methyl sites for hydroxylation is 2. The Balaban J connectivity index is 1.67. The van der Waals surface area contributed by atoms with Crippen LogP contribution in [-0.2, 0) is 7.05 Å². The van der Waals surface area contributed by atoms with Crippen molar-refractivity contribution >= 4 is 5.91 Å². The molecule has 0 radical (unpaired) electrons. The summed E-state index contributed by atoms with van der Waals surface area (Å²) in [6.07, 6.45) is 1.86. The fourth-order valence-electron chi connectivity index (χ4n) is 3.78. The van der Waals surface area contributed by atoms with E-state index >= 15 is 0 Å². The molecule has 7 nitrogen and oxygen atoms in total. The second-order valence-corrected chi connectivity index (χ2v) is 6.36. The number of hydrogen-bond donors (Lipinski definition) is 0. The van der Waals surface area contributed by atoms with Crippen molar-refractivity contribution in [3.63, 3.8) is 0 Å². The maximum Gasteiger partial charge on any atom is 0.254 e. The van der Waals surface area contributed by atoms with Gasteiger partial charge in [-0.2, -0.15) is 5.10 Å². The molecule has 1 atom stereocenters. The number of rotatable bonds is 3. The van der Waals surface area contributed by atoms with Gasteiger partial charge < -0.3 is 19.1 Å². The molecule has 0 saturated carbocycles. The first kappa shape index (κ1) is 15.8. The van der Waals surface area contributed by atoms with Gasteiger partial charge >= 0.3 is 0 Å². The molecule has 1 aromatic heterocycles. The molecule has 1 saturated heterocycles. The lowest BCUT2D eigenvalue weighted by atomic mass is 10.0. The summed E-state index contributed by atoms with van der Waals surface area (Å²) in [5.41, 5.74) is 2.50. The molecule has 3 heterocycles. The quantitative estimate of drug-likeness (QED) is 0.856. The lowest BCUT2D eigenvalue weighted by Crippen LogP contribution is -2.31. The van der Waals surface area contributed by atoms with E-state index < -0.39 is 0 Å². The zero-order chi connectivity index (χ0) is 17.6. The van der Waals surface area contributed by atoms with Gasteiger partial charge in [-0.05, 0) is 38.0 Å². The third-order valence-corrected chi connectivity index (χ3v) is 4.87. The Morgan fingerprint density at radius 1 is 1.32 bits per heavy atom. The largest absolute Gasteiger partial charge is 0.481 e. The molecule has 2 aromatic rings. The van der Waals surface area contributed by atoms with Crippen LogP contribution < -0.4 is 14.2 Å². The summed E-state index contributed by atoms with van der Waals surface area (Å²) >= 11 is 0. The second kappa shape index (κ2) is 5.98. The first-order chi connectivity index (χ1) is 12.1. The Kier molecular flexibility index (Phi) is 3.78. The van der Waals surface area contributed by atoms with Gasteiger partial charge in [0.25, 0.3) is 5.91 Å². The van der Waals surface area contributed by atoms with Gasteiger partial charge in [0, 0.05) is 19.2 Å². The number of aromatic nitrogens is 2. The summed E-state index contributed by atoms with van der Waals surface area (Å²) in [6, 6.07) is 5.31. The molecular weight excluding hydrogens is 322 g/mol. The number of ether oxygens (including phenoxy) is 3. The molecule has 0 bridgehead atoms. The normalized spacial score (nSPS) is 18.7. The molecule has 2 aliphatic heterocycles. The highest BCUT2D eigenvalue weighted by molar-refractivity contribution is 5.95. The SMILES string of the molecule is COc1c(C2CCCN2C(=O)c2ccc3c(c2)OCO3)c(C)nn1C. The maximum absolute atomic E-state index is 13.1. The van der Waals surface area contributed by atoms with Gasteiger partial charge in [0.05, 0.1) is 24.4 Å². The van der Waals surface area contributed by atoms with Crippen molar-refractivity contribution < 1.29 is 19.0 Å². The zero-order valence-electron chi connectivity index (χ0n) is 14.6. The molecule has 2 aliphatic rings. The highest BCUT2D eigenvalue weighted by Crippen LogP contribution is 2.40. The lowest BCUT2D eigenvalue weighted by molar-refractivity contribution is 0.0733. The van der Waals surface area contributed by atoms with Crippen LogP contribution in [0.15, 0.2) is 18.2 Å². The van der Waals surface area contributed by atoms with E-state index in [9.17, 15) is 4.79 Å². The third-order valence-electron chi connectivity index (χ3n) is 4.87. The third kappa shape index (κ3) is 2.50. The van der Waals surface area contributed by atoms with Crippen LogP contribution in [0, 0.1) is 6.92 Å². The van der Waals surface area contributed by atoms with E-state index in [4.69, 9.17) is 14.2 Å². The Morgan fingerprint density at radius 3 is 2.92 bits per heavy atom. The van der Waals surface area contributed by atoms with Crippen LogP contribution in [0.25, 0.3) is 0 Å². The van der Waals surface area contributed by atoms with Gasteiger partial charge in [-0.1, -0.05) is 0 Å². The molecule has 7 heteroatoms. The van der Waals surface area contributed by atoms with Crippen LogP contribution in [0.1, 0.15) is 40.5 Å². The van der Waals surface area contributed by atoms with Crippen molar-refractivity contribution in [1.29, 1.82) is 0 Å². The zero-order valence-corrected chi connectivity index (χ0v) is 14.6. The molecule has 1 unspecified atom stereocenters. The standard InChI is InChI=1S/C18H21N3O4/c1-11-16(18(23-3)20(2)19-11)13-5-4-8-21(13)17(22)12-6-7-14-15(9-12)25-10-24-14/h6-7,9,13H,4-5,8,10H2,1-3H3. The van der Waals surface area contributed by atoms with Crippen molar-refractivity contribution in [1.82, 2.24) is 14.7 Å². The van der Waals surface area contributed by atoms with Crippen molar-refractivity contribution in [2.45, 2.75) is 25.8 Å². The molecule has 1 fully saturated rings. The topological polar surface area (TPSA) is 65.8 Å². The molecule has 1 amide bonds. The van der Waals surface area contributed by atoms with E-state index in [1.54, 1.807) is 30.0 Å². The van der Waals surface area contributed by atoms with Crippen LogP contribution in [0.2, 0.25) is 0 Å². The lowest BCUT2D eigenvalue weighted by Gasteiger charge is -2.25. The Morgan fingerprint density at radius 2 is 2.12 bits per heavy atom. The smallest absolute Gasteiger partial charge is 0.254 e. The summed E-state index contributed by atoms with van der Waals surface area (Å²) in [4.78, 5) is 15.0. The van der Waals surface area contributed by atoms with Gasteiger partial charge in [-0.25, -0.2) is 4.68 Å². The number of methoxy groups -OCH3 is 1. The van der Waals surface area contributed by atoms with Gasteiger partial charge in [0.2, 0.25) is 12.7 Å². The number of amides is 1. The summed E-state index contributed by atoms with van der Waals surface area (Å²) in [7, 11) is 3.49. The van der Waals surface area contributed by atoms with Crippen molar-refractivity contribution in [2.75, 3.05) is 20.4 Å². The van der Waals surface area contributed by atoms with E-state index in [1.165, 1.54) is 0 Å². The first-order valence-electron chi connectivity index (χ1n) is 8.38. The van der Waals surface area contributed by atoms with Crippen LogP contribution in [0.3, 0.4) is 0 Å². The number of benzene rings is 1. The van der Waals surface area contributed by atoms with Crippen LogP contribution in [0.4, 0.5) is 0 Å². The van der Waals surface area contributed by atoms with E-state index in [2.05, 4.69) is 5.10 Å². The summed E-state index contributed by atoms with van der Waals surface area (Å²) in [6.45, 7) is 2.88. The number of carbonyl (C=O) groups excluding carboxylic acids is 1. The highest BCUT2D eigenvalue weighted by atomic mass is 16.7. The average Bonchev–Trinajstić information content (AvgIpc) is 3.31. The average molecular weight is 343 g/mol. The number of carbonyl (C=O) groups is 1. The van der Waals surface area contributed by atoms with Crippen molar-refractivity contribution in [3.05, 3.63) is 35.0 Å². The Hall–Kier alpha value is -2.70. The maximum atomic E-state index is 13.1. The predicted octanol–water partition coefficient (Wildman–Crippen LogP) is 2.44. The number of fused-ring (bicyclic) bond motifs is 1. The molecule has 132 valence electrons. The van der Waals surface area contributed by atoms with E-state index in [0.717, 1.165) is 30.6 Å². The van der Waals surface area contributed by atoms with Crippen molar-refractivity contribution in [3.8, 4) is 17.4 Å². The van der Waals surface area contributed by atoms with Gasteiger partial charge in [-0.15, -0.1) is 0 Å². The molecule has 0 N–H and O–H groups in total. The molecular formula is C18H21N3O4. The highest BCUT2D eigenvalue weighted by Gasteiger charge is 2.35. The number of nitrogens with zero attached hydrogens (tertiary/aromatic N) is 3. The van der Waals surface area contributed by atoms with Crippen LogP contribution in [-0.4, -0.2) is 41.0 Å². The van der Waals surface area contributed by atoms with Gasteiger partial charge in [0.15, 0.2) is 11.5 Å². The molecule has 25 heavy (non-hydrogen) atoms. The minimum absolute atomic E-state index is 0.00824. The minimum atomic E-state index is -0.0263. The molecule has 0 spiro atoms.